The fourth-order valence-electron chi connectivity index (χ4n) is 3.48. The molecule has 0 unspecified atom stereocenters. The number of pyridine rings is 1. The van der Waals surface area contributed by atoms with Crippen molar-refractivity contribution < 1.29 is 9.53 Å². The third kappa shape index (κ3) is 4.49. The molecule has 0 atom stereocenters. The molecule has 0 saturated heterocycles. The van der Waals surface area contributed by atoms with Gasteiger partial charge in [0.2, 0.25) is 0 Å². The van der Waals surface area contributed by atoms with Crippen LogP contribution in [0, 0.1) is 11.8 Å². The molecule has 0 bridgehead atoms. The van der Waals surface area contributed by atoms with Gasteiger partial charge in [0.05, 0.1) is 0 Å². The number of nitrogens with one attached hydrogen (secondary N) is 1. The highest BCUT2D eigenvalue weighted by atomic mass is 79.9. The van der Waals surface area contributed by atoms with Crippen LogP contribution in [-0.2, 0) is 4.74 Å². The summed E-state index contributed by atoms with van der Waals surface area (Å²) in [6.07, 6.45) is 1.82. The number of carbonyl (C=O) groups excluding carboxylic acids is 1. The summed E-state index contributed by atoms with van der Waals surface area (Å²) in [5.74, 6) is 6.04. The standard InChI is InChI=1S/C24H19BrN2O2/c25-17-12-13-18(27-15-17)7-5-6-14-26-24(28)29-16-23-21-10-3-1-8-19(21)20-9-2-4-11-22(20)23/h1-4,8-13,15,23H,6,14,16H2,(H,26,28). The molecule has 144 valence electrons. The topological polar surface area (TPSA) is 51.2 Å². The van der Waals surface area contributed by atoms with E-state index in [0.717, 1.165) is 4.47 Å². The fraction of sp³-hybridized carbons (Fsp3) is 0.167. The fourth-order valence-corrected chi connectivity index (χ4v) is 3.71. The molecule has 0 spiro atoms. The zero-order chi connectivity index (χ0) is 20.1. The molecule has 4 rings (SSSR count). The Bertz CT molecular complexity index is 1040. The maximum absolute atomic E-state index is 12.1. The van der Waals surface area contributed by atoms with E-state index < -0.39 is 6.09 Å². The molecular formula is C24H19BrN2O2. The first-order valence-electron chi connectivity index (χ1n) is 9.41. The van der Waals surface area contributed by atoms with E-state index in [1.807, 2.05) is 36.4 Å². The normalized spacial score (nSPS) is 11.8. The predicted octanol–water partition coefficient (Wildman–Crippen LogP) is 5.12. The van der Waals surface area contributed by atoms with E-state index in [1.54, 1.807) is 6.20 Å². The van der Waals surface area contributed by atoms with Crippen molar-refractivity contribution in [2.24, 2.45) is 0 Å². The number of carbonyl (C=O) groups is 1. The summed E-state index contributed by atoms with van der Waals surface area (Å²) in [4.78, 5) is 16.3. The number of benzene rings is 2. The molecule has 4 nitrogen and oxygen atoms in total. The largest absolute Gasteiger partial charge is 0.449 e. The molecule has 1 aliphatic carbocycles. The Morgan fingerprint density at radius 1 is 1.03 bits per heavy atom. The Hall–Kier alpha value is -3.10. The summed E-state index contributed by atoms with van der Waals surface area (Å²) < 4.78 is 6.42. The van der Waals surface area contributed by atoms with Crippen molar-refractivity contribution in [2.45, 2.75) is 12.3 Å². The lowest BCUT2D eigenvalue weighted by Crippen LogP contribution is -2.26. The van der Waals surface area contributed by atoms with Gasteiger partial charge in [-0.25, -0.2) is 9.78 Å². The number of ether oxygens (including phenoxy) is 1. The molecule has 3 aromatic rings. The van der Waals surface area contributed by atoms with Crippen LogP contribution in [-0.4, -0.2) is 24.2 Å². The lowest BCUT2D eigenvalue weighted by Gasteiger charge is -2.14. The first-order chi connectivity index (χ1) is 14.2. The number of halogens is 1. The van der Waals surface area contributed by atoms with Gasteiger partial charge < -0.3 is 10.1 Å². The summed E-state index contributed by atoms with van der Waals surface area (Å²) in [5.41, 5.74) is 5.54. The highest BCUT2D eigenvalue weighted by Gasteiger charge is 2.28. The van der Waals surface area contributed by atoms with Crippen LogP contribution in [0.25, 0.3) is 11.1 Å². The number of amides is 1. The molecule has 0 radical (unpaired) electrons. The number of hydrogen-bond donors (Lipinski definition) is 1. The first kappa shape index (κ1) is 19.2. The van der Waals surface area contributed by atoms with Crippen molar-refractivity contribution in [3.63, 3.8) is 0 Å². The van der Waals surface area contributed by atoms with Gasteiger partial charge in [-0.05, 0) is 56.2 Å². The Morgan fingerprint density at radius 2 is 1.72 bits per heavy atom. The van der Waals surface area contributed by atoms with E-state index in [1.165, 1.54) is 22.3 Å². The van der Waals surface area contributed by atoms with Gasteiger partial charge in [-0.2, -0.15) is 0 Å². The number of hydrogen-bond acceptors (Lipinski definition) is 3. The first-order valence-corrected chi connectivity index (χ1v) is 10.2. The highest BCUT2D eigenvalue weighted by Crippen LogP contribution is 2.44. The third-order valence-corrected chi connectivity index (χ3v) is 5.28. The third-order valence-electron chi connectivity index (χ3n) is 4.81. The van der Waals surface area contributed by atoms with E-state index in [9.17, 15) is 4.79 Å². The minimum atomic E-state index is -0.421. The molecule has 0 saturated carbocycles. The SMILES string of the molecule is O=C(NCCC#Cc1ccc(Br)cn1)OCC1c2ccccc2-c2ccccc21. The number of aromatic nitrogens is 1. The summed E-state index contributed by atoms with van der Waals surface area (Å²) in [5, 5.41) is 2.76. The monoisotopic (exact) mass is 446 g/mol. The molecule has 0 fully saturated rings. The van der Waals surface area contributed by atoms with E-state index in [4.69, 9.17) is 4.74 Å². The number of nitrogens with zero attached hydrogens (tertiary/aromatic N) is 1. The van der Waals surface area contributed by atoms with E-state index >= 15 is 0 Å². The number of rotatable bonds is 4. The van der Waals surface area contributed by atoms with Crippen molar-refractivity contribution in [3.05, 3.63) is 88.2 Å². The van der Waals surface area contributed by atoms with Crippen LogP contribution in [0.15, 0.2) is 71.3 Å². The Labute approximate surface area is 178 Å². The van der Waals surface area contributed by atoms with Crippen LogP contribution >= 0.6 is 15.9 Å². The van der Waals surface area contributed by atoms with Gasteiger partial charge in [0, 0.05) is 29.6 Å². The van der Waals surface area contributed by atoms with Gasteiger partial charge >= 0.3 is 6.09 Å². The molecule has 5 heteroatoms. The maximum Gasteiger partial charge on any atom is 0.407 e. The lowest BCUT2D eigenvalue weighted by atomic mass is 9.98. The second-order valence-corrected chi connectivity index (χ2v) is 7.58. The molecule has 1 amide bonds. The number of alkyl carbamates (subject to hydrolysis) is 1. The Balaban J connectivity index is 1.29. The van der Waals surface area contributed by atoms with Crippen LogP contribution < -0.4 is 5.32 Å². The van der Waals surface area contributed by atoms with Gasteiger partial charge in [0.15, 0.2) is 0 Å². The molecule has 2 aromatic carbocycles. The van der Waals surface area contributed by atoms with Crippen LogP contribution in [0.4, 0.5) is 4.79 Å². The quantitative estimate of drug-likeness (QED) is 0.446. The average molecular weight is 447 g/mol. The summed E-state index contributed by atoms with van der Waals surface area (Å²) in [7, 11) is 0. The average Bonchev–Trinajstić information content (AvgIpc) is 3.07. The summed E-state index contributed by atoms with van der Waals surface area (Å²) >= 11 is 3.34. The van der Waals surface area contributed by atoms with Crippen molar-refractivity contribution in [3.8, 4) is 23.0 Å². The van der Waals surface area contributed by atoms with Crippen molar-refractivity contribution >= 4 is 22.0 Å². The van der Waals surface area contributed by atoms with Crippen LogP contribution in [0.1, 0.15) is 29.2 Å². The summed E-state index contributed by atoms with van der Waals surface area (Å²) in [6, 6.07) is 20.3. The highest BCUT2D eigenvalue weighted by molar-refractivity contribution is 9.10. The molecule has 1 aromatic heterocycles. The minimum Gasteiger partial charge on any atom is -0.449 e. The zero-order valence-corrected chi connectivity index (χ0v) is 17.3. The molecule has 1 N–H and O–H groups in total. The van der Waals surface area contributed by atoms with Crippen molar-refractivity contribution in [1.82, 2.24) is 10.3 Å². The van der Waals surface area contributed by atoms with Gasteiger partial charge in [-0.15, -0.1) is 0 Å². The summed E-state index contributed by atoms with van der Waals surface area (Å²) in [6.45, 7) is 0.745. The van der Waals surface area contributed by atoms with Crippen molar-refractivity contribution in [1.29, 1.82) is 0 Å². The lowest BCUT2D eigenvalue weighted by molar-refractivity contribution is 0.143. The van der Waals surface area contributed by atoms with E-state index in [0.29, 0.717) is 25.3 Å². The Morgan fingerprint density at radius 3 is 2.38 bits per heavy atom. The smallest absolute Gasteiger partial charge is 0.407 e. The van der Waals surface area contributed by atoms with Crippen LogP contribution in [0.5, 0.6) is 0 Å². The van der Waals surface area contributed by atoms with Gasteiger partial charge in [-0.1, -0.05) is 54.5 Å². The van der Waals surface area contributed by atoms with Gasteiger partial charge in [0.1, 0.15) is 12.3 Å². The zero-order valence-electron chi connectivity index (χ0n) is 15.7. The van der Waals surface area contributed by atoms with Crippen LogP contribution in [0.2, 0.25) is 0 Å². The van der Waals surface area contributed by atoms with E-state index in [-0.39, 0.29) is 5.92 Å². The molecule has 29 heavy (non-hydrogen) atoms. The maximum atomic E-state index is 12.1. The van der Waals surface area contributed by atoms with Crippen LogP contribution in [0.3, 0.4) is 0 Å². The second-order valence-electron chi connectivity index (χ2n) is 6.67. The molecular weight excluding hydrogens is 428 g/mol. The molecule has 1 heterocycles. The van der Waals surface area contributed by atoms with E-state index in [2.05, 4.69) is 62.3 Å². The number of fused-ring (bicyclic) bond motifs is 3. The minimum absolute atomic E-state index is 0.0661. The molecule has 1 aliphatic rings. The molecule has 0 aliphatic heterocycles. The predicted molar refractivity (Wildman–Crippen MR) is 117 cm³/mol. The second kappa shape index (κ2) is 8.93. The van der Waals surface area contributed by atoms with Crippen molar-refractivity contribution in [2.75, 3.05) is 13.2 Å². The van der Waals surface area contributed by atoms with Gasteiger partial charge in [-0.3, -0.25) is 0 Å². The Kier molecular flexibility index (Phi) is 5.92. The van der Waals surface area contributed by atoms with Gasteiger partial charge in [0.25, 0.3) is 0 Å².